The lowest BCUT2D eigenvalue weighted by atomic mass is 10.3. The molecule has 0 spiro atoms. The average Bonchev–Trinajstić information content (AvgIpc) is 2.28. The summed E-state index contributed by atoms with van der Waals surface area (Å²) in [5.74, 6) is 0. The van der Waals surface area contributed by atoms with Gasteiger partial charge in [-0.3, -0.25) is 14.8 Å². The van der Waals surface area contributed by atoms with Crippen LogP contribution < -0.4 is 0 Å². The van der Waals surface area contributed by atoms with Gasteiger partial charge in [-0.1, -0.05) is 0 Å². The number of rotatable bonds is 3. The standard InChI is InChI=1S/C7H10FN3O2/c1-5-7(11(12)13)6(2)10(9-5)4-3-8/h3-4H2,1-2H3. The van der Waals surface area contributed by atoms with E-state index in [2.05, 4.69) is 5.10 Å². The molecule has 6 heteroatoms. The average molecular weight is 187 g/mol. The van der Waals surface area contributed by atoms with Gasteiger partial charge in [-0.05, 0) is 13.8 Å². The van der Waals surface area contributed by atoms with Crippen LogP contribution in [0.4, 0.5) is 10.1 Å². The zero-order chi connectivity index (χ0) is 10.0. The summed E-state index contributed by atoms with van der Waals surface area (Å²) >= 11 is 0. The number of alkyl halides is 1. The first-order valence-corrected chi connectivity index (χ1v) is 3.82. The van der Waals surface area contributed by atoms with Crippen molar-refractivity contribution >= 4 is 5.69 Å². The lowest BCUT2D eigenvalue weighted by Gasteiger charge is -1.97. The molecule has 0 amide bonds. The van der Waals surface area contributed by atoms with Crippen molar-refractivity contribution in [3.05, 3.63) is 21.5 Å². The molecule has 1 heterocycles. The second kappa shape index (κ2) is 3.51. The Kier molecular flexibility index (Phi) is 2.60. The highest BCUT2D eigenvalue weighted by atomic mass is 19.1. The van der Waals surface area contributed by atoms with Gasteiger partial charge >= 0.3 is 5.69 Å². The fourth-order valence-corrected chi connectivity index (χ4v) is 1.25. The van der Waals surface area contributed by atoms with Crippen molar-refractivity contribution in [1.29, 1.82) is 0 Å². The van der Waals surface area contributed by atoms with E-state index in [0.29, 0.717) is 11.4 Å². The molecule has 0 saturated heterocycles. The minimum absolute atomic E-state index is 0.0200. The van der Waals surface area contributed by atoms with Crippen LogP contribution in [0.25, 0.3) is 0 Å². The molecule has 0 aliphatic heterocycles. The van der Waals surface area contributed by atoms with E-state index >= 15 is 0 Å². The van der Waals surface area contributed by atoms with E-state index in [4.69, 9.17) is 0 Å². The third-order valence-electron chi connectivity index (χ3n) is 1.82. The zero-order valence-electron chi connectivity index (χ0n) is 7.45. The first-order valence-electron chi connectivity index (χ1n) is 3.82. The second-order valence-electron chi connectivity index (χ2n) is 2.69. The molecule has 0 unspecified atom stereocenters. The molecule has 1 aromatic rings. The van der Waals surface area contributed by atoms with Gasteiger partial charge in [0.1, 0.15) is 18.1 Å². The van der Waals surface area contributed by atoms with Gasteiger partial charge < -0.3 is 0 Å². The summed E-state index contributed by atoms with van der Waals surface area (Å²) in [5, 5.41) is 14.4. The van der Waals surface area contributed by atoms with Crippen LogP contribution in [0.15, 0.2) is 0 Å². The van der Waals surface area contributed by atoms with Gasteiger partial charge in [-0.2, -0.15) is 5.10 Å². The van der Waals surface area contributed by atoms with Crippen molar-refractivity contribution in [1.82, 2.24) is 9.78 Å². The summed E-state index contributed by atoms with van der Waals surface area (Å²) in [7, 11) is 0. The summed E-state index contributed by atoms with van der Waals surface area (Å²) < 4.78 is 13.3. The SMILES string of the molecule is Cc1nn(CCF)c(C)c1[N+](=O)[O-]. The molecular weight excluding hydrogens is 177 g/mol. The van der Waals surface area contributed by atoms with Crippen LogP contribution in [0, 0.1) is 24.0 Å². The van der Waals surface area contributed by atoms with Gasteiger partial charge in [0.25, 0.3) is 0 Å². The van der Waals surface area contributed by atoms with E-state index < -0.39 is 11.6 Å². The molecule has 0 N–H and O–H groups in total. The van der Waals surface area contributed by atoms with Gasteiger partial charge in [-0.25, -0.2) is 4.39 Å². The second-order valence-corrected chi connectivity index (χ2v) is 2.69. The molecule has 1 aromatic heterocycles. The van der Waals surface area contributed by atoms with Crippen LogP contribution in [0.2, 0.25) is 0 Å². The summed E-state index contributed by atoms with van der Waals surface area (Å²) in [6, 6.07) is 0. The Morgan fingerprint density at radius 3 is 2.62 bits per heavy atom. The molecule has 72 valence electrons. The van der Waals surface area contributed by atoms with Crippen LogP contribution in [0.1, 0.15) is 11.4 Å². The fourth-order valence-electron chi connectivity index (χ4n) is 1.25. The Hall–Kier alpha value is -1.46. The molecule has 0 bridgehead atoms. The van der Waals surface area contributed by atoms with Crippen LogP contribution in [0.3, 0.4) is 0 Å². The number of halogens is 1. The van der Waals surface area contributed by atoms with Gasteiger partial charge in [0.2, 0.25) is 0 Å². The Balaban J connectivity index is 3.14. The third-order valence-corrected chi connectivity index (χ3v) is 1.82. The highest BCUT2D eigenvalue weighted by Gasteiger charge is 2.21. The normalized spacial score (nSPS) is 10.4. The molecule has 0 radical (unpaired) electrons. The number of hydrogen-bond donors (Lipinski definition) is 0. The van der Waals surface area contributed by atoms with E-state index in [1.807, 2.05) is 0 Å². The Labute approximate surface area is 74.3 Å². The summed E-state index contributed by atoms with van der Waals surface area (Å²) in [4.78, 5) is 10.0. The molecule has 0 saturated carbocycles. The first kappa shape index (κ1) is 9.63. The van der Waals surface area contributed by atoms with Gasteiger partial charge in [-0.15, -0.1) is 0 Å². The highest BCUT2D eigenvalue weighted by molar-refractivity contribution is 5.39. The first-order chi connectivity index (χ1) is 6.07. The van der Waals surface area contributed by atoms with E-state index in [0.717, 1.165) is 0 Å². The molecule has 0 aliphatic carbocycles. The van der Waals surface area contributed by atoms with E-state index in [1.54, 1.807) is 13.8 Å². The lowest BCUT2D eigenvalue weighted by molar-refractivity contribution is -0.386. The molecular formula is C7H10FN3O2. The van der Waals surface area contributed by atoms with Crippen LogP contribution in [-0.2, 0) is 6.54 Å². The van der Waals surface area contributed by atoms with Crippen molar-refractivity contribution in [2.24, 2.45) is 0 Å². The number of aryl methyl sites for hydroxylation is 2. The fraction of sp³-hybridized carbons (Fsp3) is 0.571. The largest absolute Gasteiger partial charge is 0.312 e. The Morgan fingerprint density at radius 2 is 2.23 bits per heavy atom. The maximum atomic E-state index is 12.0. The number of nitro groups is 1. The predicted molar refractivity (Wildman–Crippen MR) is 44.3 cm³/mol. The monoisotopic (exact) mass is 187 g/mol. The summed E-state index contributed by atoms with van der Waals surface area (Å²) in [6.45, 7) is 2.60. The van der Waals surface area contributed by atoms with Crippen molar-refractivity contribution < 1.29 is 9.31 Å². The third kappa shape index (κ3) is 1.66. The molecule has 0 aliphatic rings. The van der Waals surface area contributed by atoms with Crippen LogP contribution in [0.5, 0.6) is 0 Å². The quantitative estimate of drug-likeness (QED) is 0.530. The maximum absolute atomic E-state index is 12.0. The van der Waals surface area contributed by atoms with Crippen molar-refractivity contribution in [3.8, 4) is 0 Å². The highest BCUT2D eigenvalue weighted by Crippen LogP contribution is 2.21. The minimum Gasteiger partial charge on any atom is -0.260 e. The number of nitrogens with zero attached hydrogens (tertiary/aromatic N) is 3. The molecule has 13 heavy (non-hydrogen) atoms. The van der Waals surface area contributed by atoms with E-state index in [1.165, 1.54) is 4.68 Å². The molecule has 0 aromatic carbocycles. The Morgan fingerprint density at radius 1 is 1.62 bits per heavy atom. The number of hydrogen-bond acceptors (Lipinski definition) is 3. The van der Waals surface area contributed by atoms with Crippen molar-refractivity contribution in [2.45, 2.75) is 20.4 Å². The Bertz CT molecular complexity index is 335. The molecule has 1 rings (SSSR count). The molecule has 0 fully saturated rings. The van der Waals surface area contributed by atoms with Gasteiger partial charge in [0.15, 0.2) is 0 Å². The smallest absolute Gasteiger partial charge is 0.260 e. The number of aromatic nitrogens is 2. The maximum Gasteiger partial charge on any atom is 0.312 e. The van der Waals surface area contributed by atoms with Crippen LogP contribution >= 0.6 is 0 Å². The van der Waals surface area contributed by atoms with E-state index in [9.17, 15) is 14.5 Å². The zero-order valence-corrected chi connectivity index (χ0v) is 7.45. The van der Waals surface area contributed by atoms with Crippen molar-refractivity contribution in [2.75, 3.05) is 6.67 Å². The van der Waals surface area contributed by atoms with Gasteiger partial charge in [0.05, 0.1) is 11.5 Å². The lowest BCUT2D eigenvalue weighted by Crippen LogP contribution is -2.04. The summed E-state index contributed by atoms with van der Waals surface area (Å²) in [6.07, 6.45) is 0. The van der Waals surface area contributed by atoms with Gasteiger partial charge in [0, 0.05) is 0 Å². The topological polar surface area (TPSA) is 61.0 Å². The molecule has 0 atom stereocenters. The van der Waals surface area contributed by atoms with Crippen molar-refractivity contribution in [3.63, 3.8) is 0 Å². The summed E-state index contributed by atoms with van der Waals surface area (Å²) in [5.41, 5.74) is 0.713. The van der Waals surface area contributed by atoms with Crippen LogP contribution in [-0.4, -0.2) is 21.4 Å². The van der Waals surface area contributed by atoms with E-state index in [-0.39, 0.29) is 12.2 Å². The minimum atomic E-state index is -0.570. The predicted octanol–water partition coefficient (Wildman–Crippen LogP) is 1.38. The molecule has 5 nitrogen and oxygen atoms in total.